The van der Waals surface area contributed by atoms with Gasteiger partial charge in [0.2, 0.25) is 11.8 Å². The fourth-order valence-corrected chi connectivity index (χ4v) is 11.4. The minimum absolute atomic E-state index is 0. The van der Waals surface area contributed by atoms with Crippen LogP contribution in [0.4, 0.5) is 19.2 Å². The first kappa shape index (κ1) is 102. The van der Waals surface area contributed by atoms with Gasteiger partial charge in [-0.15, -0.1) is 46.4 Å². The molecule has 0 spiro atoms. The first-order chi connectivity index (χ1) is 48.2. The molecular formula is C77H129Cl4N7O18. The van der Waals surface area contributed by atoms with Crippen molar-refractivity contribution in [3.8, 4) is 0 Å². The number of hydrogen-bond acceptors (Lipinski definition) is 17. The first-order valence-electron chi connectivity index (χ1n) is 35.4. The Labute approximate surface area is 652 Å². The monoisotopic (exact) mass is 1580 g/mol. The summed E-state index contributed by atoms with van der Waals surface area (Å²) in [5.74, 6) is -3.41. The second-order valence-corrected chi connectivity index (χ2v) is 31.6. The first-order valence-corrected chi connectivity index (χ1v) is 37.6. The van der Waals surface area contributed by atoms with Crippen molar-refractivity contribution in [1.29, 1.82) is 0 Å². The van der Waals surface area contributed by atoms with Gasteiger partial charge in [0.1, 0.15) is 35.6 Å². The Bertz CT molecular complexity index is 2850. The lowest BCUT2D eigenvalue weighted by atomic mass is 9.93. The summed E-state index contributed by atoms with van der Waals surface area (Å²) in [6, 6.07) is 19.4. The van der Waals surface area contributed by atoms with Gasteiger partial charge >= 0.3 is 48.3 Å². The second-order valence-electron chi connectivity index (χ2n) is 30.0. The number of nitrogens with zero attached hydrogens (tertiary/aromatic N) is 6. The summed E-state index contributed by atoms with van der Waals surface area (Å²) in [4.78, 5) is 128. The van der Waals surface area contributed by atoms with Gasteiger partial charge in [0.25, 0.3) is 0 Å². The predicted molar refractivity (Wildman–Crippen MR) is 417 cm³/mol. The van der Waals surface area contributed by atoms with Crippen LogP contribution < -0.4 is 5.32 Å². The Morgan fingerprint density at radius 1 is 0.415 bits per heavy atom. The summed E-state index contributed by atoms with van der Waals surface area (Å²) in [6.45, 7) is 29.0. The van der Waals surface area contributed by atoms with Gasteiger partial charge in [0.05, 0.1) is 46.2 Å². The number of esters is 2. The van der Waals surface area contributed by atoms with Crippen molar-refractivity contribution in [1.82, 2.24) is 34.7 Å². The molecule has 6 heterocycles. The summed E-state index contributed by atoms with van der Waals surface area (Å²) in [5, 5.41) is 21.4. The standard InChI is InChI=1S/C24H34N2O5.C13H24N2O3.C13H17NO2.2C11H19NO4.2CH2Cl2.3CH4/c1-24(2,3)31-23(29)26-14-7-11-19(15-26)21(27)25-13-8-12-20(16-25)22(28)30-17-18-9-5-4-6-10-18;1-13(2,3)18-12(17)15-8-6-7-10(9-15)11(16)14(4)5;15-13(12-7-4-8-14-9-12)16-10-11-5-2-1-3-6-11;2*1-11(2,3)16-10(15)12-6-4-5-8(7-12)9(13)14;2*2-1-3;;;/h4-6,9-10,19-20H,7-8,11-17H2,1-3H3;10H,6-9H2,1-5H3;1-3,5-6,12,14H,4,7-10H2;2*8H,4-7H2,1-3H3,(H,13,14);2*1H2;3*1H4. The summed E-state index contributed by atoms with van der Waals surface area (Å²) in [5.41, 5.74) is -0.131. The summed E-state index contributed by atoms with van der Waals surface area (Å²) < 4.78 is 32.0. The zero-order chi connectivity index (χ0) is 77.7. The van der Waals surface area contributed by atoms with E-state index in [0.717, 1.165) is 88.4 Å². The smallest absolute Gasteiger partial charge is 0.410 e. The molecule has 6 saturated heterocycles. The number of halogens is 4. The fourth-order valence-electron chi connectivity index (χ4n) is 11.4. The molecule has 106 heavy (non-hydrogen) atoms. The van der Waals surface area contributed by atoms with E-state index >= 15 is 0 Å². The molecule has 6 amide bonds. The van der Waals surface area contributed by atoms with Gasteiger partial charge < -0.3 is 73.4 Å². The zero-order valence-electron chi connectivity index (χ0n) is 63.2. The van der Waals surface area contributed by atoms with Crippen LogP contribution in [0.2, 0.25) is 0 Å². The third-order valence-electron chi connectivity index (χ3n) is 16.3. The number of amides is 6. The number of carbonyl (C=O) groups is 10. The molecule has 0 aliphatic carbocycles. The minimum Gasteiger partial charge on any atom is -0.481 e. The number of likely N-dealkylation sites (tertiary alicyclic amines) is 5. The predicted octanol–water partition coefficient (Wildman–Crippen LogP) is 15.3. The van der Waals surface area contributed by atoms with Crippen LogP contribution >= 0.6 is 46.4 Å². The van der Waals surface area contributed by atoms with E-state index in [9.17, 15) is 47.9 Å². The number of rotatable bonds is 10. The molecule has 2 aromatic rings. The highest BCUT2D eigenvalue weighted by molar-refractivity contribution is 6.41. The number of ether oxygens (including phenoxy) is 6. The topological polar surface area (TPSA) is 298 Å². The third kappa shape index (κ3) is 42.9. The van der Waals surface area contributed by atoms with Gasteiger partial charge in [-0.1, -0.05) is 82.9 Å². The Morgan fingerprint density at radius 3 is 1.00 bits per heavy atom. The maximum Gasteiger partial charge on any atom is 0.410 e. The quantitative estimate of drug-likeness (QED) is 0.113. The van der Waals surface area contributed by atoms with Crippen LogP contribution in [0.1, 0.15) is 194 Å². The molecule has 6 fully saturated rings. The molecule has 3 N–H and O–H groups in total. The zero-order valence-corrected chi connectivity index (χ0v) is 66.2. The average molecular weight is 1580 g/mol. The highest BCUT2D eigenvalue weighted by Gasteiger charge is 2.38. The van der Waals surface area contributed by atoms with E-state index in [1.165, 1.54) is 9.80 Å². The van der Waals surface area contributed by atoms with E-state index in [-0.39, 0.29) is 112 Å². The van der Waals surface area contributed by atoms with Gasteiger partial charge in [0.15, 0.2) is 0 Å². The number of alkyl halides is 4. The van der Waals surface area contributed by atoms with E-state index in [0.29, 0.717) is 71.8 Å². The van der Waals surface area contributed by atoms with Crippen LogP contribution in [0, 0.1) is 35.5 Å². The molecular weight excluding hydrogens is 1450 g/mol. The molecule has 0 radical (unpaired) electrons. The number of aliphatic carboxylic acids is 2. The van der Waals surface area contributed by atoms with E-state index in [1.807, 2.05) is 102 Å². The van der Waals surface area contributed by atoms with Crippen molar-refractivity contribution in [2.45, 2.75) is 218 Å². The molecule has 6 aliphatic heterocycles. The molecule has 0 saturated carbocycles. The van der Waals surface area contributed by atoms with Crippen molar-refractivity contribution in [3.05, 3.63) is 71.8 Å². The highest BCUT2D eigenvalue weighted by Crippen LogP contribution is 2.27. The molecule has 6 unspecified atom stereocenters. The SMILES string of the molecule is C.C.C.CC(C)(C)OC(=O)N1CCCC(C(=O)N2CCCC(C(=O)OCc3ccccc3)C2)C1.CC(C)(C)OC(=O)N1CCCC(C(=O)O)C1.CC(C)(C)OC(=O)N1CCCC(C(=O)O)C1.CN(C)C(=O)C1CCCN(C(=O)OC(C)(C)C)C1.ClCCl.ClCCl.O=C(OCc1ccccc1)C1CCCNC1. The maximum atomic E-state index is 13.1. The van der Waals surface area contributed by atoms with Crippen LogP contribution in [-0.4, -0.2) is 225 Å². The highest BCUT2D eigenvalue weighted by atomic mass is 35.5. The Hall–Kier alpha value is -6.54. The van der Waals surface area contributed by atoms with Crippen LogP contribution in [0.25, 0.3) is 0 Å². The summed E-state index contributed by atoms with van der Waals surface area (Å²) >= 11 is 19.1. The number of carboxylic acids is 2. The van der Waals surface area contributed by atoms with E-state index in [4.69, 9.17) is 85.0 Å². The van der Waals surface area contributed by atoms with Gasteiger partial charge in [-0.2, -0.15) is 0 Å². The van der Waals surface area contributed by atoms with Gasteiger partial charge in [-0.05, 0) is 178 Å². The van der Waals surface area contributed by atoms with Crippen molar-refractivity contribution in [2.75, 3.05) is 103 Å². The van der Waals surface area contributed by atoms with Gasteiger partial charge in [-0.3, -0.25) is 28.8 Å². The Balaban J connectivity index is 0. The van der Waals surface area contributed by atoms with Crippen molar-refractivity contribution >= 4 is 106 Å². The lowest BCUT2D eigenvalue weighted by Crippen LogP contribution is -2.50. The molecule has 29 heteroatoms. The van der Waals surface area contributed by atoms with Crippen LogP contribution in [-0.2, 0) is 70.4 Å². The molecule has 2 aromatic carbocycles. The molecule has 6 atom stereocenters. The number of benzene rings is 2. The van der Waals surface area contributed by atoms with Gasteiger partial charge in [0, 0.05) is 86.1 Å². The molecule has 0 bridgehead atoms. The van der Waals surface area contributed by atoms with Crippen molar-refractivity contribution < 1.29 is 86.6 Å². The number of carbonyl (C=O) groups excluding carboxylic acids is 8. The number of hydrogen-bond donors (Lipinski definition) is 3. The minimum atomic E-state index is -0.840. The average Bonchev–Trinajstić information content (AvgIpc) is 0.833. The van der Waals surface area contributed by atoms with Crippen molar-refractivity contribution in [3.63, 3.8) is 0 Å². The number of nitrogens with one attached hydrogen (secondary N) is 1. The molecule has 0 aromatic heterocycles. The second kappa shape index (κ2) is 51.7. The molecule has 608 valence electrons. The normalized spacial score (nSPS) is 19.9. The van der Waals surface area contributed by atoms with E-state index in [1.54, 1.807) is 75.2 Å². The Kier molecular flexibility index (Phi) is 49.5. The van der Waals surface area contributed by atoms with Crippen molar-refractivity contribution in [2.24, 2.45) is 35.5 Å². The van der Waals surface area contributed by atoms with Crippen LogP contribution in [0.5, 0.6) is 0 Å². The van der Waals surface area contributed by atoms with E-state index in [2.05, 4.69) is 5.32 Å². The lowest BCUT2D eigenvalue weighted by Gasteiger charge is -2.38. The molecule has 6 aliphatic rings. The third-order valence-corrected chi connectivity index (χ3v) is 16.3. The summed E-state index contributed by atoms with van der Waals surface area (Å²) in [6.07, 6.45) is 7.90. The Morgan fingerprint density at radius 2 is 0.689 bits per heavy atom. The molecule has 8 rings (SSSR count). The van der Waals surface area contributed by atoms with Crippen LogP contribution in [0.15, 0.2) is 60.7 Å². The van der Waals surface area contributed by atoms with Crippen LogP contribution in [0.3, 0.4) is 0 Å². The molecule has 25 nitrogen and oxygen atoms in total. The summed E-state index contributed by atoms with van der Waals surface area (Å²) in [7, 11) is 3.49. The fraction of sp³-hybridized carbons (Fsp3) is 0.714. The maximum absolute atomic E-state index is 13.1. The van der Waals surface area contributed by atoms with E-state index < -0.39 is 58.4 Å². The number of carboxylic acid groups (broad SMARTS) is 2. The number of piperidine rings is 6. The lowest BCUT2D eigenvalue weighted by molar-refractivity contribution is -0.154. The van der Waals surface area contributed by atoms with Gasteiger partial charge in [-0.25, -0.2) is 19.2 Å². The largest absolute Gasteiger partial charge is 0.481 e.